The third-order valence-electron chi connectivity index (χ3n) is 8.58. The lowest BCUT2D eigenvalue weighted by Crippen LogP contribution is -2.42. The number of hydrogen-bond donors (Lipinski definition) is 4. The number of alkyl halides is 8. The lowest BCUT2D eigenvalue weighted by molar-refractivity contribution is -0.345. The van der Waals surface area contributed by atoms with Gasteiger partial charge in [-0.3, -0.25) is 0 Å². The quantitative estimate of drug-likeness (QED) is 0.0546. The van der Waals surface area contributed by atoms with E-state index in [1.165, 1.54) is 24.3 Å². The summed E-state index contributed by atoms with van der Waals surface area (Å²) in [6.45, 7) is 4.68. The smallest absolute Gasteiger partial charge is 0.152 e. The first-order valence-electron chi connectivity index (χ1n) is 20.8. The second-order valence-electron chi connectivity index (χ2n) is 13.8. The van der Waals surface area contributed by atoms with Gasteiger partial charge in [-0.15, -0.1) is 92.8 Å². The van der Waals surface area contributed by atoms with Crippen LogP contribution in [0.3, 0.4) is 0 Å². The predicted molar refractivity (Wildman–Crippen MR) is 270 cm³/mol. The van der Waals surface area contributed by atoms with Gasteiger partial charge in [0.2, 0.25) is 0 Å². The van der Waals surface area contributed by atoms with E-state index in [-0.39, 0.29) is 23.3 Å². The van der Waals surface area contributed by atoms with E-state index in [0.717, 1.165) is 0 Å². The van der Waals surface area contributed by atoms with Gasteiger partial charge in [0.05, 0.1) is 46.6 Å². The van der Waals surface area contributed by atoms with Gasteiger partial charge in [0, 0.05) is 148 Å². The summed E-state index contributed by atoms with van der Waals surface area (Å²) in [5.41, 5.74) is 19.4. The zero-order valence-corrected chi connectivity index (χ0v) is 44.7. The largest absolute Gasteiger partial charge is 0.543 e. The van der Waals surface area contributed by atoms with E-state index in [1.807, 2.05) is 19.6 Å². The number of benzene rings is 4. The van der Waals surface area contributed by atoms with Gasteiger partial charge < -0.3 is 82.1 Å². The molecule has 0 spiro atoms. The lowest BCUT2D eigenvalue weighted by atomic mass is 10.2. The molecule has 28 heteroatoms. The van der Waals surface area contributed by atoms with Gasteiger partial charge in [0.1, 0.15) is 22.7 Å². The molecule has 72 heavy (non-hydrogen) atoms. The number of nitrogens with zero attached hydrogens (tertiary/aromatic N) is 4. The van der Waals surface area contributed by atoms with Crippen molar-refractivity contribution in [1.82, 2.24) is 0 Å². The van der Waals surface area contributed by atoms with Crippen molar-refractivity contribution in [2.75, 3.05) is 119 Å². The van der Waals surface area contributed by atoms with Gasteiger partial charge in [0.25, 0.3) is 0 Å². The number of carboxylic acids is 4. The summed E-state index contributed by atoms with van der Waals surface area (Å²) in [6.07, 6.45) is 0. The maximum Gasteiger partial charge on any atom is 0.152 e. The first-order chi connectivity index (χ1) is 34.0. The van der Waals surface area contributed by atoms with Crippen LogP contribution in [0.15, 0.2) is 72.8 Å². The van der Waals surface area contributed by atoms with Crippen LogP contribution in [0.2, 0.25) is 0 Å². The summed E-state index contributed by atoms with van der Waals surface area (Å²) in [5, 5.41) is 35.7. The molecule has 0 unspecified atom stereocenters. The molecule has 0 atom stereocenters. The van der Waals surface area contributed by atoms with Crippen LogP contribution in [0.25, 0.3) is 0 Å². The molecule has 0 radical (unpaired) electrons. The molecular weight excluding hydrogens is 1130 g/mol. The highest BCUT2D eigenvalue weighted by atomic mass is 35.5. The number of rotatable bonds is 20. The fraction of sp³-hybridized carbons (Fsp3) is 0.364. The Morgan fingerprint density at radius 3 is 0.569 bits per heavy atom. The van der Waals surface area contributed by atoms with Gasteiger partial charge in [-0.1, -0.05) is 0 Å². The van der Waals surface area contributed by atoms with Crippen LogP contribution in [0.4, 0.5) is 63.1 Å². The van der Waals surface area contributed by atoms with Crippen LogP contribution < -0.4 is 63.0 Å². The summed E-state index contributed by atoms with van der Waals surface area (Å²) in [7, 11) is 0. The van der Waals surface area contributed by atoms with Crippen molar-refractivity contribution in [1.29, 1.82) is 0 Å². The third-order valence-corrected chi connectivity index (χ3v) is 9.93. The molecule has 4 aromatic rings. The molecule has 16 nitrogen and oxygen atoms in total. The Hall–Kier alpha value is -4.16. The Labute approximate surface area is 454 Å². The highest BCUT2D eigenvalue weighted by Crippen LogP contribution is 2.24. The number of carbonyl (C=O) groups is 4. The molecule has 4 rings (SSSR count). The van der Waals surface area contributed by atoms with Gasteiger partial charge >= 0.3 is 0 Å². The van der Waals surface area contributed by atoms with Crippen LogP contribution in [-0.2, 0) is 19.2 Å². The SMILES string of the molecule is O=C([O-])C(=O)[O-].O=C([O-])C(=O)[O-].[NH3+]c1ccc(N(CCCl)CCCl)c(F)c1.[NH3+]c1ccc(N(CCCl)CCCl)c(F)c1.[NH3+]c1ccc(N(CCCl)CCCl)c(F)c1.[NH3+]c1ccc(N(CCCl)CCCl)c(F)c1. The first-order valence-corrected chi connectivity index (χ1v) is 25.1. The molecule has 0 fully saturated rings. The number of halogens is 12. The van der Waals surface area contributed by atoms with E-state index < -0.39 is 23.9 Å². The van der Waals surface area contributed by atoms with Gasteiger partial charge in [-0.25, -0.2) is 17.6 Å². The second-order valence-corrected chi connectivity index (χ2v) is 16.8. The molecule has 0 saturated heterocycles. The molecule has 0 bridgehead atoms. The van der Waals surface area contributed by atoms with E-state index in [0.29, 0.717) is 145 Å². The highest BCUT2D eigenvalue weighted by Gasteiger charge is 2.15. The van der Waals surface area contributed by atoms with Crippen LogP contribution in [0.5, 0.6) is 0 Å². The van der Waals surface area contributed by atoms with Crippen LogP contribution in [0.1, 0.15) is 0 Å². The monoisotopic (exact) mass is 1180 g/mol. The van der Waals surface area contributed by atoms with E-state index in [1.54, 1.807) is 48.5 Å². The summed E-state index contributed by atoms with van der Waals surface area (Å²) < 4.78 is 54.3. The van der Waals surface area contributed by atoms with Gasteiger partial charge in [-0.2, -0.15) is 0 Å². The van der Waals surface area contributed by atoms with Gasteiger partial charge in [-0.05, 0) is 24.3 Å². The summed E-state index contributed by atoms with van der Waals surface area (Å²) in [4.78, 5) is 43.0. The average Bonchev–Trinajstić information content (AvgIpc) is 3.30. The summed E-state index contributed by atoms with van der Waals surface area (Å²) in [5.74, 6) is -6.29. The standard InChI is InChI=1S/4C10H13Cl2FN2.2C2H2O4/c4*11-3-5-15(6-4-12)10-2-1-8(14)7-9(10)13;2*3-1(4)2(5)6/h4*1-2,7H,3-6,14H2;2*(H,3,4)(H,5,6). The fourth-order valence-corrected chi connectivity index (χ4v) is 7.09. The van der Waals surface area contributed by atoms with Crippen LogP contribution >= 0.6 is 92.8 Å². The predicted octanol–water partition coefficient (Wildman–Crippen LogP) is 0.905. The van der Waals surface area contributed by atoms with E-state index in [4.69, 9.17) is 132 Å². The second kappa shape index (κ2) is 41.2. The Bertz CT molecular complexity index is 1900. The average molecular weight is 1180 g/mol. The maximum absolute atomic E-state index is 13.6. The highest BCUT2D eigenvalue weighted by molar-refractivity contribution is 6.25. The number of carbonyl (C=O) groups excluding carboxylic acids is 4. The molecule has 4 aromatic carbocycles. The molecule has 0 saturated carbocycles. The number of carboxylic acid groups (broad SMARTS) is 4. The van der Waals surface area contributed by atoms with E-state index >= 15 is 0 Å². The zero-order chi connectivity index (χ0) is 55.3. The first kappa shape index (κ1) is 69.9. The molecule has 0 aliphatic heterocycles. The third kappa shape index (κ3) is 30.1. The molecular formula is C44H56Cl8F4N8O8. The van der Waals surface area contributed by atoms with Crippen molar-refractivity contribution in [2.45, 2.75) is 0 Å². The minimum Gasteiger partial charge on any atom is -0.543 e. The minimum absolute atomic E-state index is 0.280. The lowest BCUT2D eigenvalue weighted by Gasteiger charge is -2.23. The minimum atomic E-state index is -2.19. The fourth-order valence-electron chi connectivity index (χ4n) is 5.45. The number of hydrogen-bond acceptors (Lipinski definition) is 12. The molecule has 0 amide bonds. The van der Waals surface area contributed by atoms with Crippen molar-refractivity contribution in [3.05, 3.63) is 96.1 Å². The van der Waals surface area contributed by atoms with Crippen molar-refractivity contribution < 1.29 is 80.1 Å². The number of quaternary nitrogens is 4. The number of anilines is 4. The van der Waals surface area contributed by atoms with Gasteiger partial charge in [0.15, 0.2) is 23.3 Å². The molecule has 0 aliphatic carbocycles. The Kier molecular flexibility index (Phi) is 40.0. The summed E-state index contributed by atoms with van der Waals surface area (Å²) >= 11 is 45.2. The molecule has 12 N–H and O–H groups in total. The molecule has 0 aliphatic rings. The van der Waals surface area contributed by atoms with E-state index in [2.05, 4.69) is 22.9 Å². The Morgan fingerprint density at radius 1 is 0.333 bits per heavy atom. The summed E-state index contributed by atoms with van der Waals surface area (Å²) in [6, 6.07) is 19.5. The van der Waals surface area contributed by atoms with Crippen molar-refractivity contribution in [3.63, 3.8) is 0 Å². The Balaban J connectivity index is 0. The zero-order valence-electron chi connectivity index (χ0n) is 38.7. The molecule has 0 aromatic heterocycles. The van der Waals surface area contributed by atoms with E-state index in [9.17, 15) is 17.6 Å². The number of aliphatic carboxylic acids is 4. The Morgan fingerprint density at radius 2 is 0.472 bits per heavy atom. The van der Waals surface area contributed by atoms with Crippen LogP contribution in [0, 0.1) is 23.3 Å². The van der Waals surface area contributed by atoms with Crippen molar-refractivity contribution in [3.8, 4) is 0 Å². The maximum atomic E-state index is 13.6. The molecule has 404 valence electrons. The topological polar surface area (TPSA) is 284 Å². The van der Waals surface area contributed by atoms with Crippen LogP contribution in [-0.4, -0.2) is 123 Å². The van der Waals surface area contributed by atoms with Crippen molar-refractivity contribution in [2.24, 2.45) is 0 Å². The molecule has 0 heterocycles. The normalized spacial score (nSPS) is 9.89. The van der Waals surface area contributed by atoms with Crippen molar-refractivity contribution >= 4 is 162 Å².